The molecule has 0 aliphatic rings. The highest BCUT2D eigenvalue weighted by Crippen LogP contribution is 2.25. The van der Waals surface area contributed by atoms with Gasteiger partial charge >= 0.3 is 6.61 Å². The van der Waals surface area contributed by atoms with Crippen molar-refractivity contribution in [3.63, 3.8) is 0 Å². The van der Waals surface area contributed by atoms with Crippen LogP contribution in [0.15, 0.2) is 48.5 Å². The maximum Gasteiger partial charge on any atom is 0.387 e. The molecule has 2 aromatic rings. The molecule has 1 atom stereocenters. The van der Waals surface area contributed by atoms with Gasteiger partial charge in [-0.1, -0.05) is 24.3 Å². The highest BCUT2D eigenvalue weighted by Gasteiger charge is 2.15. The Hall–Kier alpha value is -2.63. The third-order valence-corrected chi connectivity index (χ3v) is 3.27. The second kappa shape index (κ2) is 7.58. The number of alkyl halides is 2. The number of hydrogen-bond acceptors (Lipinski definition) is 3. The van der Waals surface area contributed by atoms with Crippen molar-refractivity contribution in [3.8, 4) is 11.5 Å². The van der Waals surface area contributed by atoms with Crippen LogP contribution in [0.2, 0.25) is 0 Å². The number of benzene rings is 2. The molecule has 6 heteroatoms. The minimum absolute atomic E-state index is 0.0578. The van der Waals surface area contributed by atoms with E-state index in [0.29, 0.717) is 5.75 Å². The molecule has 0 unspecified atom stereocenters. The Labute approximate surface area is 133 Å². The first-order valence-corrected chi connectivity index (χ1v) is 7.00. The summed E-state index contributed by atoms with van der Waals surface area (Å²) in [6.45, 7) is -1.12. The van der Waals surface area contributed by atoms with Gasteiger partial charge in [0.2, 0.25) is 0 Å². The number of para-hydroxylation sites is 1. The van der Waals surface area contributed by atoms with E-state index in [2.05, 4.69) is 10.1 Å². The summed E-state index contributed by atoms with van der Waals surface area (Å²) < 4.78 is 34.0. The number of halogens is 2. The average Bonchev–Trinajstić information content (AvgIpc) is 2.54. The highest BCUT2D eigenvalue weighted by molar-refractivity contribution is 5.94. The predicted octanol–water partition coefficient (Wildman–Crippen LogP) is 3.79. The van der Waals surface area contributed by atoms with Gasteiger partial charge in [-0.2, -0.15) is 8.78 Å². The van der Waals surface area contributed by atoms with Gasteiger partial charge in [-0.3, -0.25) is 4.79 Å². The first kappa shape index (κ1) is 16.7. The Morgan fingerprint density at radius 2 is 1.87 bits per heavy atom. The summed E-state index contributed by atoms with van der Waals surface area (Å²) in [5.74, 6) is 0.218. The summed E-state index contributed by atoms with van der Waals surface area (Å²) in [4.78, 5) is 12.3. The molecule has 0 heterocycles. The minimum atomic E-state index is -2.93. The molecule has 0 bridgehead atoms. The predicted molar refractivity (Wildman–Crippen MR) is 81.9 cm³/mol. The van der Waals surface area contributed by atoms with Crippen LogP contribution in [0.3, 0.4) is 0 Å². The molecular weight excluding hydrogens is 304 g/mol. The monoisotopic (exact) mass is 321 g/mol. The fraction of sp³-hybridized carbons (Fsp3) is 0.235. The molecule has 0 saturated heterocycles. The lowest BCUT2D eigenvalue weighted by Gasteiger charge is -2.17. The van der Waals surface area contributed by atoms with E-state index in [1.807, 2.05) is 25.1 Å². The molecule has 2 aromatic carbocycles. The van der Waals surface area contributed by atoms with E-state index in [9.17, 15) is 13.6 Å². The van der Waals surface area contributed by atoms with E-state index >= 15 is 0 Å². The van der Waals surface area contributed by atoms with Crippen molar-refractivity contribution in [2.75, 3.05) is 7.11 Å². The van der Waals surface area contributed by atoms with Crippen LogP contribution >= 0.6 is 0 Å². The summed E-state index contributed by atoms with van der Waals surface area (Å²) >= 11 is 0. The normalized spacial score (nSPS) is 11.9. The average molecular weight is 321 g/mol. The van der Waals surface area contributed by atoms with Crippen molar-refractivity contribution >= 4 is 5.91 Å². The fourth-order valence-electron chi connectivity index (χ4n) is 2.20. The molecule has 1 amide bonds. The second-order valence-electron chi connectivity index (χ2n) is 4.84. The van der Waals surface area contributed by atoms with Crippen molar-refractivity contribution in [3.05, 3.63) is 59.7 Å². The molecule has 1 N–H and O–H groups in total. The molecule has 122 valence electrons. The van der Waals surface area contributed by atoms with Crippen LogP contribution in [0.25, 0.3) is 0 Å². The SMILES string of the molecule is COc1ccccc1[C@@H](C)NC(=O)c1cccc(OC(F)F)c1. The lowest BCUT2D eigenvalue weighted by Crippen LogP contribution is -2.27. The third kappa shape index (κ3) is 4.42. The number of nitrogens with one attached hydrogen (secondary N) is 1. The molecule has 23 heavy (non-hydrogen) atoms. The van der Waals surface area contributed by atoms with E-state index in [-0.39, 0.29) is 23.3 Å². The van der Waals surface area contributed by atoms with E-state index in [4.69, 9.17) is 4.74 Å². The molecule has 4 nitrogen and oxygen atoms in total. The summed E-state index contributed by atoms with van der Waals surface area (Å²) in [7, 11) is 1.55. The molecule has 0 saturated carbocycles. The minimum Gasteiger partial charge on any atom is -0.496 e. The molecule has 0 aliphatic carbocycles. The molecule has 0 spiro atoms. The van der Waals surface area contributed by atoms with Gasteiger partial charge in [0, 0.05) is 11.1 Å². The largest absolute Gasteiger partial charge is 0.496 e. The lowest BCUT2D eigenvalue weighted by atomic mass is 10.1. The quantitative estimate of drug-likeness (QED) is 0.880. The molecule has 0 aromatic heterocycles. The van der Waals surface area contributed by atoms with Gasteiger partial charge in [-0.05, 0) is 31.2 Å². The maximum absolute atomic E-state index is 12.3. The van der Waals surface area contributed by atoms with Crippen LogP contribution in [-0.4, -0.2) is 19.6 Å². The number of carbonyl (C=O) groups excluding carboxylic acids is 1. The van der Waals surface area contributed by atoms with E-state index in [1.54, 1.807) is 13.2 Å². The van der Waals surface area contributed by atoms with E-state index in [1.165, 1.54) is 24.3 Å². The smallest absolute Gasteiger partial charge is 0.387 e. The van der Waals surface area contributed by atoms with Crippen molar-refractivity contribution in [2.45, 2.75) is 19.6 Å². The Balaban J connectivity index is 2.12. The standard InChI is InChI=1S/C17H17F2NO3/c1-11(14-8-3-4-9-15(14)22-2)20-16(21)12-6-5-7-13(10-12)23-17(18)19/h3-11,17H,1-2H3,(H,20,21)/t11-/m1/s1. The van der Waals surface area contributed by atoms with Crippen LogP contribution in [0.5, 0.6) is 11.5 Å². The molecule has 0 radical (unpaired) electrons. The first-order chi connectivity index (χ1) is 11.0. The number of rotatable bonds is 6. The zero-order valence-corrected chi connectivity index (χ0v) is 12.8. The third-order valence-electron chi connectivity index (χ3n) is 3.27. The highest BCUT2D eigenvalue weighted by atomic mass is 19.3. The number of methoxy groups -OCH3 is 1. The number of amides is 1. The summed E-state index contributed by atoms with van der Waals surface area (Å²) in [5.41, 5.74) is 1.06. The lowest BCUT2D eigenvalue weighted by molar-refractivity contribution is -0.0498. The zero-order chi connectivity index (χ0) is 16.8. The van der Waals surface area contributed by atoms with Gasteiger partial charge in [-0.25, -0.2) is 0 Å². The fourth-order valence-corrected chi connectivity index (χ4v) is 2.20. The number of carbonyl (C=O) groups is 1. The van der Waals surface area contributed by atoms with Gasteiger partial charge in [0.05, 0.1) is 13.2 Å². The second-order valence-corrected chi connectivity index (χ2v) is 4.84. The Morgan fingerprint density at radius 1 is 1.13 bits per heavy atom. The Morgan fingerprint density at radius 3 is 2.57 bits per heavy atom. The van der Waals surface area contributed by atoms with Crippen molar-refractivity contribution in [2.24, 2.45) is 0 Å². The maximum atomic E-state index is 12.3. The first-order valence-electron chi connectivity index (χ1n) is 7.00. The van der Waals surface area contributed by atoms with Crippen molar-refractivity contribution in [1.29, 1.82) is 0 Å². The zero-order valence-electron chi connectivity index (χ0n) is 12.8. The summed E-state index contributed by atoms with van der Waals surface area (Å²) in [6, 6.07) is 12.7. The van der Waals surface area contributed by atoms with Gasteiger partial charge in [0.1, 0.15) is 11.5 Å². The van der Waals surface area contributed by atoms with Gasteiger partial charge in [0.25, 0.3) is 5.91 Å². The summed E-state index contributed by atoms with van der Waals surface area (Å²) in [5, 5.41) is 2.81. The van der Waals surface area contributed by atoms with Crippen molar-refractivity contribution < 1.29 is 23.0 Å². The molecule has 0 fully saturated rings. The Kier molecular flexibility index (Phi) is 5.51. The van der Waals surface area contributed by atoms with Crippen LogP contribution in [0.4, 0.5) is 8.78 Å². The van der Waals surface area contributed by atoms with Crippen LogP contribution in [0.1, 0.15) is 28.9 Å². The summed E-state index contributed by atoms with van der Waals surface area (Å²) in [6.07, 6.45) is 0. The van der Waals surface area contributed by atoms with Crippen LogP contribution < -0.4 is 14.8 Å². The van der Waals surface area contributed by atoms with Gasteiger partial charge < -0.3 is 14.8 Å². The molecule has 0 aliphatic heterocycles. The van der Waals surface area contributed by atoms with Gasteiger partial charge in [-0.15, -0.1) is 0 Å². The van der Waals surface area contributed by atoms with Crippen LogP contribution in [0, 0.1) is 0 Å². The Bertz CT molecular complexity index is 676. The topological polar surface area (TPSA) is 47.6 Å². The van der Waals surface area contributed by atoms with Crippen LogP contribution in [-0.2, 0) is 0 Å². The van der Waals surface area contributed by atoms with E-state index in [0.717, 1.165) is 5.56 Å². The number of ether oxygens (including phenoxy) is 2. The van der Waals surface area contributed by atoms with Crippen molar-refractivity contribution in [1.82, 2.24) is 5.32 Å². The van der Waals surface area contributed by atoms with Gasteiger partial charge in [0.15, 0.2) is 0 Å². The number of hydrogen-bond donors (Lipinski definition) is 1. The van der Waals surface area contributed by atoms with E-state index < -0.39 is 6.61 Å². The molecule has 2 rings (SSSR count). The molecular formula is C17H17F2NO3.